The van der Waals surface area contributed by atoms with Crippen molar-refractivity contribution in [3.63, 3.8) is 0 Å². The summed E-state index contributed by atoms with van der Waals surface area (Å²) in [5.41, 5.74) is 0. The fourth-order valence-electron chi connectivity index (χ4n) is 2.57. The molecule has 1 aliphatic rings. The van der Waals surface area contributed by atoms with E-state index in [1.54, 1.807) is 0 Å². The molecular weight excluding hydrogens is 258 g/mol. The van der Waals surface area contributed by atoms with Gasteiger partial charge in [-0.3, -0.25) is 9.59 Å². The summed E-state index contributed by atoms with van der Waals surface area (Å²) in [6, 6.07) is 3.77. The smallest absolute Gasteiger partial charge is 0.261 e. The molecule has 0 bridgehead atoms. The Bertz CT molecular complexity index is 447. The highest BCUT2D eigenvalue weighted by Crippen LogP contribution is 2.25. The summed E-state index contributed by atoms with van der Waals surface area (Å²) in [6.07, 6.45) is 6.17. The van der Waals surface area contributed by atoms with Crippen LogP contribution < -0.4 is 5.32 Å². The Labute approximate surface area is 118 Å². The second kappa shape index (κ2) is 6.85. The van der Waals surface area contributed by atoms with Crippen LogP contribution in [0.15, 0.2) is 12.1 Å². The fourth-order valence-corrected chi connectivity index (χ4v) is 3.36. The van der Waals surface area contributed by atoms with E-state index in [0.29, 0.717) is 18.7 Å². The van der Waals surface area contributed by atoms with Gasteiger partial charge in [0, 0.05) is 23.8 Å². The van der Waals surface area contributed by atoms with Gasteiger partial charge in [-0.1, -0.05) is 19.3 Å². The van der Waals surface area contributed by atoms with E-state index in [2.05, 4.69) is 5.32 Å². The molecule has 19 heavy (non-hydrogen) atoms. The van der Waals surface area contributed by atoms with Gasteiger partial charge in [-0.25, -0.2) is 0 Å². The number of carbonyl (C=O) groups excluding carboxylic acids is 2. The summed E-state index contributed by atoms with van der Waals surface area (Å²) in [4.78, 5) is 25.6. The van der Waals surface area contributed by atoms with Gasteiger partial charge in [-0.05, 0) is 31.9 Å². The molecule has 1 saturated carbocycles. The first-order chi connectivity index (χ1) is 9.16. The number of amides is 1. The lowest BCUT2D eigenvalue weighted by atomic mass is 9.85. The van der Waals surface area contributed by atoms with Gasteiger partial charge in [0.2, 0.25) is 0 Å². The zero-order valence-corrected chi connectivity index (χ0v) is 12.2. The quantitative estimate of drug-likeness (QED) is 0.898. The molecule has 3 nitrogen and oxygen atoms in total. The van der Waals surface area contributed by atoms with E-state index in [1.165, 1.54) is 30.6 Å². The molecule has 1 aliphatic carbocycles. The minimum Gasteiger partial charge on any atom is -0.351 e. The van der Waals surface area contributed by atoms with Gasteiger partial charge in [0.05, 0.1) is 4.88 Å². The summed E-state index contributed by atoms with van der Waals surface area (Å²) >= 11 is 1.49. The maximum atomic E-state index is 12.0. The van der Waals surface area contributed by atoms with Crippen LogP contribution in [0.1, 0.15) is 53.1 Å². The van der Waals surface area contributed by atoms with Crippen molar-refractivity contribution in [2.24, 2.45) is 5.92 Å². The number of rotatable bonds is 5. The van der Waals surface area contributed by atoms with Crippen LogP contribution in [0.4, 0.5) is 0 Å². The zero-order chi connectivity index (χ0) is 13.7. The number of nitrogens with one attached hydrogen (secondary N) is 1. The lowest BCUT2D eigenvalue weighted by Crippen LogP contribution is -2.27. The first kappa shape index (κ1) is 14.3. The number of aryl methyl sites for hydroxylation is 1. The summed E-state index contributed by atoms with van der Waals surface area (Å²) < 4.78 is 0. The molecule has 104 valence electrons. The van der Waals surface area contributed by atoms with Gasteiger partial charge in [-0.2, -0.15) is 0 Å². The van der Waals surface area contributed by atoms with E-state index in [0.717, 1.165) is 22.6 Å². The van der Waals surface area contributed by atoms with Crippen LogP contribution in [-0.2, 0) is 4.79 Å². The van der Waals surface area contributed by atoms with E-state index in [9.17, 15) is 9.59 Å². The van der Waals surface area contributed by atoms with Crippen LogP contribution in [0.25, 0.3) is 0 Å². The number of Topliss-reactive ketones (excluding diaryl/α,β-unsaturated/α-hetero) is 1. The lowest BCUT2D eigenvalue weighted by molar-refractivity contribution is -0.123. The molecule has 4 heteroatoms. The molecule has 0 aromatic carbocycles. The number of carbonyl (C=O) groups is 2. The van der Waals surface area contributed by atoms with E-state index in [4.69, 9.17) is 0 Å². The van der Waals surface area contributed by atoms with Crippen LogP contribution in [0.5, 0.6) is 0 Å². The van der Waals surface area contributed by atoms with Gasteiger partial charge in [0.1, 0.15) is 5.78 Å². The molecule has 1 N–H and O–H groups in total. The highest BCUT2D eigenvalue weighted by molar-refractivity contribution is 7.13. The molecule has 2 rings (SSSR count). The van der Waals surface area contributed by atoms with Crippen molar-refractivity contribution in [2.75, 3.05) is 6.54 Å². The maximum Gasteiger partial charge on any atom is 0.261 e. The third-order valence-corrected chi connectivity index (χ3v) is 4.68. The molecule has 0 aliphatic heterocycles. The number of hydrogen-bond acceptors (Lipinski definition) is 3. The molecule has 0 radical (unpaired) electrons. The maximum absolute atomic E-state index is 12.0. The predicted molar refractivity (Wildman–Crippen MR) is 77.6 cm³/mol. The summed E-state index contributed by atoms with van der Waals surface area (Å²) in [5.74, 6) is 0.506. The predicted octanol–water partition coefficient (Wildman–Crippen LogP) is 3.33. The van der Waals surface area contributed by atoms with E-state index >= 15 is 0 Å². The van der Waals surface area contributed by atoms with Gasteiger partial charge in [-0.15, -0.1) is 11.3 Å². The topological polar surface area (TPSA) is 46.2 Å². The Morgan fingerprint density at radius 1 is 1.26 bits per heavy atom. The molecule has 1 aromatic heterocycles. The Hall–Kier alpha value is -1.16. The number of ketones is 1. The van der Waals surface area contributed by atoms with Gasteiger partial charge in [0.25, 0.3) is 5.91 Å². The summed E-state index contributed by atoms with van der Waals surface area (Å²) in [6.45, 7) is 2.44. The first-order valence-electron chi connectivity index (χ1n) is 7.04. The minimum absolute atomic E-state index is 0.0606. The van der Waals surface area contributed by atoms with Gasteiger partial charge < -0.3 is 5.32 Å². The van der Waals surface area contributed by atoms with Crippen LogP contribution in [0.2, 0.25) is 0 Å². The average Bonchev–Trinajstić information content (AvgIpc) is 2.86. The van der Waals surface area contributed by atoms with Crippen molar-refractivity contribution in [1.82, 2.24) is 5.32 Å². The van der Waals surface area contributed by atoms with Gasteiger partial charge in [0.15, 0.2) is 0 Å². The summed E-state index contributed by atoms with van der Waals surface area (Å²) in [7, 11) is 0. The Morgan fingerprint density at radius 3 is 2.63 bits per heavy atom. The molecule has 0 saturated heterocycles. The van der Waals surface area contributed by atoms with Crippen LogP contribution >= 0.6 is 11.3 Å². The van der Waals surface area contributed by atoms with Crippen molar-refractivity contribution >= 4 is 23.0 Å². The van der Waals surface area contributed by atoms with Crippen LogP contribution in [0.3, 0.4) is 0 Å². The van der Waals surface area contributed by atoms with Crippen molar-refractivity contribution in [1.29, 1.82) is 0 Å². The fraction of sp³-hybridized carbons (Fsp3) is 0.600. The molecular formula is C15H21NO2S. The van der Waals surface area contributed by atoms with Crippen molar-refractivity contribution in [3.8, 4) is 0 Å². The first-order valence-corrected chi connectivity index (χ1v) is 7.86. The monoisotopic (exact) mass is 279 g/mol. The lowest BCUT2D eigenvalue weighted by Gasteiger charge is -2.20. The third-order valence-electron chi connectivity index (χ3n) is 3.68. The SMILES string of the molecule is Cc1ccc(C(=O)NCCC(=O)C2CCCCC2)s1. The normalized spacial score (nSPS) is 16.3. The van der Waals surface area contributed by atoms with E-state index in [-0.39, 0.29) is 11.8 Å². The largest absolute Gasteiger partial charge is 0.351 e. The highest BCUT2D eigenvalue weighted by atomic mass is 32.1. The van der Waals surface area contributed by atoms with Crippen LogP contribution in [-0.4, -0.2) is 18.2 Å². The second-order valence-electron chi connectivity index (χ2n) is 5.22. The second-order valence-corrected chi connectivity index (χ2v) is 6.51. The molecule has 1 fully saturated rings. The van der Waals surface area contributed by atoms with Crippen molar-refractivity contribution in [2.45, 2.75) is 45.4 Å². The minimum atomic E-state index is -0.0606. The standard InChI is InChI=1S/C15H21NO2S/c1-11-7-8-14(19-11)15(18)16-10-9-13(17)12-5-3-2-4-6-12/h7-8,12H,2-6,9-10H2,1H3,(H,16,18). The Kier molecular flexibility index (Phi) is 5.14. The van der Waals surface area contributed by atoms with Crippen molar-refractivity contribution in [3.05, 3.63) is 21.9 Å². The molecule has 0 atom stereocenters. The Balaban J connectivity index is 1.71. The van der Waals surface area contributed by atoms with Crippen molar-refractivity contribution < 1.29 is 9.59 Å². The van der Waals surface area contributed by atoms with E-state index in [1.807, 2.05) is 19.1 Å². The number of hydrogen-bond donors (Lipinski definition) is 1. The van der Waals surface area contributed by atoms with E-state index < -0.39 is 0 Å². The Morgan fingerprint density at radius 2 is 2.00 bits per heavy atom. The molecule has 0 spiro atoms. The van der Waals surface area contributed by atoms with Crippen LogP contribution in [0, 0.1) is 12.8 Å². The number of thiophene rings is 1. The molecule has 0 unspecified atom stereocenters. The molecule has 1 amide bonds. The average molecular weight is 279 g/mol. The molecule has 1 heterocycles. The highest BCUT2D eigenvalue weighted by Gasteiger charge is 2.20. The zero-order valence-electron chi connectivity index (χ0n) is 11.4. The summed E-state index contributed by atoms with van der Waals surface area (Å²) in [5, 5.41) is 2.83. The molecule has 1 aromatic rings. The van der Waals surface area contributed by atoms with Gasteiger partial charge >= 0.3 is 0 Å². The third kappa shape index (κ3) is 4.16.